The van der Waals surface area contributed by atoms with Gasteiger partial charge in [-0.15, -0.1) is 11.6 Å². The average molecular weight is 416 g/mol. The maximum atomic E-state index is 10.9. The summed E-state index contributed by atoms with van der Waals surface area (Å²) in [7, 11) is 0. The van der Waals surface area contributed by atoms with Crippen LogP contribution in [0.15, 0.2) is 0 Å². The molecule has 0 aromatic carbocycles. The average Bonchev–Trinajstić information content (AvgIpc) is 3.24. The summed E-state index contributed by atoms with van der Waals surface area (Å²) < 4.78 is 12.5. The molecule has 160 valence electrons. The molecule has 4 N–H and O–H groups in total. The van der Waals surface area contributed by atoms with E-state index in [9.17, 15) is 10.2 Å². The Morgan fingerprint density at radius 3 is 2.71 bits per heavy atom. The summed E-state index contributed by atoms with van der Waals surface area (Å²) in [5, 5.41) is 28.9. The Morgan fingerprint density at radius 1 is 1.00 bits per heavy atom. The molecule has 6 unspecified atom stereocenters. The molecular weight excluding hydrogens is 382 g/mol. The lowest BCUT2D eigenvalue weighted by atomic mass is 9.71. The smallest absolute Gasteiger partial charge is 0.141 e. The van der Waals surface area contributed by atoms with Crippen LogP contribution in [0.1, 0.15) is 39.0 Å². The highest BCUT2D eigenvalue weighted by Gasteiger charge is 2.55. The van der Waals surface area contributed by atoms with E-state index in [-0.39, 0.29) is 17.6 Å². The first-order valence-electron chi connectivity index (χ1n) is 11.0. The summed E-state index contributed by atoms with van der Waals surface area (Å²) in [5.74, 6) is 1.37. The monoisotopic (exact) mass is 415 g/mol. The molecule has 11 atom stereocenters. The third-order valence-electron chi connectivity index (χ3n) is 7.99. The topological polar surface area (TPSA) is 86.2 Å². The second kappa shape index (κ2) is 7.93. The number of nitrogens with zero attached hydrogens (tertiary/aromatic N) is 1. The Kier molecular flexibility index (Phi) is 5.65. The molecular formula is C20H34ClN3O4. The Balaban J connectivity index is 1.32. The molecule has 4 saturated heterocycles. The molecule has 0 spiro atoms. The summed E-state index contributed by atoms with van der Waals surface area (Å²) in [6, 6.07) is 0.431. The van der Waals surface area contributed by atoms with Gasteiger partial charge in [-0.05, 0) is 50.9 Å². The van der Waals surface area contributed by atoms with Gasteiger partial charge in [0.25, 0.3) is 0 Å². The minimum absolute atomic E-state index is 0.170. The Labute approximate surface area is 172 Å². The lowest BCUT2D eigenvalue weighted by Crippen LogP contribution is -2.61. The predicted molar refractivity (Wildman–Crippen MR) is 105 cm³/mol. The van der Waals surface area contributed by atoms with Crippen LogP contribution in [0, 0.1) is 17.8 Å². The van der Waals surface area contributed by atoms with E-state index in [2.05, 4.69) is 22.5 Å². The zero-order valence-corrected chi connectivity index (χ0v) is 17.3. The van der Waals surface area contributed by atoms with Crippen LogP contribution in [0.3, 0.4) is 0 Å². The van der Waals surface area contributed by atoms with Crippen molar-refractivity contribution in [3.63, 3.8) is 0 Å². The number of aliphatic hydroxyl groups excluding tert-OH is 2. The van der Waals surface area contributed by atoms with E-state index in [0.29, 0.717) is 30.4 Å². The van der Waals surface area contributed by atoms with Gasteiger partial charge < -0.3 is 25.0 Å². The van der Waals surface area contributed by atoms with Crippen molar-refractivity contribution in [3.05, 3.63) is 0 Å². The molecule has 1 saturated carbocycles. The lowest BCUT2D eigenvalue weighted by Gasteiger charge is -2.45. The molecule has 8 heteroatoms. The molecule has 7 nitrogen and oxygen atoms in total. The maximum Gasteiger partial charge on any atom is 0.141 e. The van der Waals surface area contributed by atoms with Crippen LogP contribution in [0.5, 0.6) is 0 Å². The van der Waals surface area contributed by atoms with Crippen LogP contribution >= 0.6 is 11.6 Å². The van der Waals surface area contributed by atoms with Gasteiger partial charge in [0.2, 0.25) is 0 Å². The van der Waals surface area contributed by atoms with E-state index in [1.807, 2.05) is 0 Å². The molecule has 4 aliphatic heterocycles. The van der Waals surface area contributed by atoms with Crippen molar-refractivity contribution >= 4 is 11.6 Å². The highest BCUT2D eigenvalue weighted by Crippen LogP contribution is 2.44. The number of likely N-dealkylation sites (tertiary alicyclic amines) is 1. The van der Waals surface area contributed by atoms with Gasteiger partial charge in [0.05, 0.1) is 12.3 Å². The summed E-state index contributed by atoms with van der Waals surface area (Å²) in [5.41, 5.74) is 0. The van der Waals surface area contributed by atoms with E-state index in [0.717, 1.165) is 45.3 Å². The number of rotatable bonds is 2. The summed E-state index contributed by atoms with van der Waals surface area (Å²) in [4.78, 5) is 2.21. The Bertz CT molecular complexity index is 572. The van der Waals surface area contributed by atoms with Gasteiger partial charge in [-0.2, -0.15) is 0 Å². The maximum absolute atomic E-state index is 10.9. The van der Waals surface area contributed by atoms with Crippen molar-refractivity contribution in [1.29, 1.82) is 0 Å². The van der Waals surface area contributed by atoms with Crippen LogP contribution in [-0.2, 0) is 9.47 Å². The highest BCUT2D eigenvalue weighted by atomic mass is 35.5. The van der Waals surface area contributed by atoms with E-state index in [4.69, 9.17) is 21.1 Å². The first-order valence-corrected chi connectivity index (χ1v) is 11.5. The Hall–Kier alpha value is 0.01000. The second-order valence-corrected chi connectivity index (χ2v) is 10.1. The van der Waals surface area contributed by atoms with Gasteiger partial charge >= 0.3 is 0 Å². The summed E-state index contributed by atoms with van der Waals surface area (Å²) >= 11 is 6.47. The van der Waals surface area contributed by atoms with Crippen LogP contribution < -0.4 is 10.6 Å². The fourth-order valence-electron chi connectivity index (χ4n) is 6.42. The molecule has 0 aromatic rings. The van der Waals surface area contributed by atoms with E-state index in [1.165, 1.54) is 0 Å². The minimum atomic E-state index is -0.928. The molecule has 0 radical (unpaired) electrons. The molecule has 0 amide bonds. The van der Waals surface area contributed by atoms with Crippen molar-refractivity contribution in [1.82, 2.24) is 15.5 Å². The molecule has 5 fully saturated rings. The van der Waals surface area contributed by atoms with Crippen molar-refractivity contribution < 1.29 is 19.7 Å². The normalized spacial score (nSPS) is 55.1. The number of aliphatic hydroxyl groups is 2. The molecule has 1 aliphatic carbocycles. The first-order chi connectivity index (χ1) is 13.5. The predicted octanol–water partition coefficient (Wildman–Crippen LogP) is 0.433. The van der Waals surface area contributed by atoms with Crippen LogP contribution in [0.4, 0.5) is 0 Å². The van der Waals surface area contributed by atoms with Crippen LogP contribution in [0.2, 0.25) is 0 Å². The number of fused-ring (bicyclic) bond motifs is 2. The van der Waals surface area contributed by atoms with Crippen molar-refractivity contribution in [2.24, 2.45) is 17.8 Å². The number of halogens is 1. The SMILES string of the molecule is CC1NCNC2C1CCN2[C@@H]1O[C@H]([C@@H]2OCCC3CCC(Cl)CC32)[C@@H](O)[C@H]1O. The minimum Gasteiger partial charge on any atom is -0.387 e. The largest absolute Gasteiger partial charge is 0.387 e. The number of alkyl halides is 1. The van der Waals surface area contributed by atoms with E-state index >= 15 is 0 Å². The van der Waals surface area contributed by atoms with E-state index < -0.39 is 24.5 Å². The standard InChI is InChI=1S/C20H34ClN3O4/c1-10-13-4-6-24(19(13)23-9-22-10)20-16(26)15(25)18(28-20)17-14-8-12(21)3-2-11(14)5-7-27-17/h10-20,22-23,25-26H,2-9H2,1H3/t10?,11?,12?,13?,14?,15-,16+,17+,18-,19?,20+/m0/s1. The lowest BCUT2D eigenvalue weighted by molar-refractivity contribution is -0.174. The molecule has 28 heavy (non-hydrogen) atoms. The van der Waals surface area contributed by atoms with Crippen LogP contribution in [0.25, 0.3) is 0 Å². The first kappa shape index (κ1) is 19.9. The van der Waals surface area contributed by atoms with Gasteiger partial charge in [-0.25, -0.2) is 0 Å². The quantitative estimate of drug-likeness (QED) is 0.487. The number of nitrogens with one attached hydrogen (secondary N) is 2. The fourth-order valence-corrected chi connectivity index (χ4v) is 6.75. The third kappa shape index (κ3) is 3.32. The highest BCUT2D eigenvalue weighted by molar-refractivity contribution is 6.20. The number of ether oxygens (including phenoxy) is 2. The zero-order valence-electron chi connectivity index (χ0n) is 16.5. The third-order valence-corrected chi connectivity index (χ3v) is 8.39. The number of hydrogen-bond acceptors (Lipinski definition) is 7. The summed E-state index contributed by atoms with van der Waals surface area (Å²) in [6.45, 7) is 4.52. The molecule has 0 aromatic heterocycles. The van der Waals surface area contributed by atoms with Gasteiger partial charge in [0.1, 0.15) is 24.5 Å². The molecule has 4 heterocycles. The van der Waals surface area contributed by atoms with Gasteiger partial charge in [0, 0.05) is 37.2 Å². The zero-order chi connectivity index (χ0) is 19.4. The van der Waals surface area contributed by atoms with E-state index in [1.54, 1.807) is 0 Å². The van der Waals surface area contributed by atoms with Gasteiger partial charge in [-0.1, -0.05) is 0 Å². The molecule has 5 aliphatic rings. The van der Waals surface area contributed by atoms with Crippen molar-refractivity contribution in [3.8, 4) is 0 Å². The van der Waals surface area contributed by atoms with Crippen molar-refractivity contribution in [2.45, 2.75) is 87.3 Å². The molecule has 5 rings (SSSR count). The fraction of sp³-hybridized carbons (Fsp3) is 1.00. The van der Waals surface area contributed by atoms with Gasteiger partial charge in [-0.3, -0.25) is 10.2 Å². The summed E-state index contributed by atoms with van der Waals surface area (Å²) in [6.07, 6.45) is 2.35. The van der Waals surface area contributed by atoms with Crippen LogP contribution in [-0.4, -0.2) is 83.2 Å². The number of hydrogen-bond donors (Lipinski definition) is 4. The molecule has 0 bridgehead atoms. The second-order valence-electron chi connectivity index (χ2n) is 9.44. The van der Waals surface area contributed by atoms with Gasteiger partial charge in [0.15, 0.2) is 0 Å². The Morgan fingerprint density at radius 2 is 1.86 bits per heavy atom. The van der Waals surface area contributed by atoms with Crippen molar-refractivity contribution in [2.75, 3.05) is 19.8 Å².